The molecule has 0 bridgehead atoms. The summed E-state index contributed by atoms with van der Waals surface area (Å²) in [5.74, 6) is 0.234. The summed E-state index contributed by atoms with van der Waals surface area (Å²) in [6.45, 7) is 0. The first-order valence-corrected chi connectivity index (χ1v) is 7.78. The quantitative estimate of drug-likeness (QED) is 0.618. The highest BCUT2D eigenvalue weighted by Gasteiger charge is 2.20. The normalized spacial score (nSPS) is 11.1. The van der Waals surface area contributed by atoms with Crippen LogP contribution in [0, 0.1) is 5.82 Å². The molecule has 0 radical (unpaired) electrons. The maximum absolute atomic E-state index is 13.9. The third kappa shape index (κ3) is 2.55. The van der Waals surface area contributed by atoms with Gasteiger partial charge in [-0.25, -0.2) is 14.1 Å². The van der Waals surface area contributed by atoms with Gasteiger partial charge >= 0.3 is 0 Å². The van der Waals surface area contributed by atoms with Crippen molar-refractivity contribution in [3.63, 3.8) is 0 Å². The molecule has 3 aromatic rings. The van der Waals surface area contributed by atoms with E-state index < -0.39 is 5.82 Å². The third-order valence-electron chi connectivity index (χ3n) is 2.84. The molecule has 1 aromatic carbocycles. The van der Waals surface area contributed by atoms with E-state index in [1.165, 1.54) is 28.2 Å². The average molecular weight is 363 g/mol. The van der Waals surface area contributed by atoms with Gasteiger partial charge in [-0.1, -0.05) is 40.9 Å². The summed E-state index contributed by atoms with van der Waals surface area (Å²) in [6.07, 6.45) is 0. The Hall–Kier alpha value is -1.14. The van der Waals surface area contributed by atoms with Crippen LogP contribution in [0.2, 0.25) is 15.1 Å². The lowest BCUT2D eigenvalue weighted by atomic mass is 10.2. The fourth-order valence-corrected chi connectivity index (χ4v) is 3.58. The lowest BCUT2D eigenvalue weighted by molar-refractivity contribution is 0.629. The van der Waals surface area contributed by atoms with Gasteiger partial charge in [0, 0.05) is 12.4 Å². The van der Waals surface area contributed by atoms with Crippen LogP contribution in [0.3, 0.4) is 0 Å². The second kappa shape index (κ2) is 5.57. The fraction of sp³-hybridized carbons (Fsp3) is 0.0769. The topological polar surface area (TPSA) is 30.7 Å². The van der Waals surface area contributed by atoms with Crippen molar-refractivity contribution >= 4 is 46.1 Å². The Morgan fingerprint density at radius 1 is 1.19 bits per heavy atom. The van der Waals surface area contributed by atoms with E-state index in [1.807, 2.05) is 0 Å². The van der Waals surface area contributed by atoms with E-state index in [2.05, 4.69) is 10.1 Å². The molecule has 0 aliphatic rings. The van der Waals surface area contributed by atoms with Crippen molar-refractivity contribution in [1.29, 1.82) is 0 Å². The Morgan fingerprint density at radius 2 is 1.95 bits per heavy atom. The lowest BCUT2D eigenvalue weighted by Gasteiger charge is -2.00. The van der Waals surface area contributed by atoms with Crippen LogP contribution in [0.5, 0.6) is 0 Å². The van der Waals surface area contributed by atoms with Crippen molar-refractivity contribution < 1.29 is 4.39 Å². The Balaban J connectivity index is 2.17. The number of aromatic nitrogens is 3. The van der Waals surface area contributed by atoms with Gasteiger partial charge in [0.2, 0.25) is 0 Å². The number of hydrogen-bond acceptors (Lipinski definition) is 3. The molecule has 0 N–H and O–H groups in total. The first-order chi connectivity index (χ1) is 9.99. The lowest BCUT2D eigenvalue weighted by Crippen LogP contribution is -1.93. The van der Waals surface area contributed by atoms with Gasteiger partial charge in [0.05, 0.1) is 25.5 Å². The van der Waals surface area contributed by atoms with Crippen molar-refractivity contribution in [2.75, 3.05) is 0 Å². The van der Waals surface area contributed by atoms with Crippen LogP contribution in [-0.2, 0) is 7.05 Å². The molecule has 2 heterocycles. The van der Waals surface area contributed by atoms with Crippen LogP contribution < -0.4 is 0 Å². The minimum absolute atomic E-state index is 0.166. The Kier molecular flexibility index (Phi) is 3.92. The zero-order valence-corrected chi connectivity index (χ0v) is 13.7. The monoisotopic (exact) mass is 361 g/mol. The number of halogens is 4. The standard InChI is InChI=1S/C13H7Cl3FN3S/c1-20-13(11-10(16)7(15)5-21-11)18-12(19-20)9-6(14)3-2-4-8(9)17/h2-5H,1H3. The number of thiophene rings is 1. The maximum atomic E-state index is 13.9. The van der Waals surface area contributed by atoms with Crippen LogP contribution in [-0.4, -0.2) is 14.8 Å². The van der Waals surface area contributed by atoms with Crippen LogP contribution >= 0.6 is 46.1 Å². The van der Waals surface area contributed by atoms with Crippen LogP contribution in [0.1, 0.15) is 0 Å². The van der Waals surface area contributed by atoms with Crippen LogP contribution in [0.25, 0.3) is 22.1 Å². The summed E-state index contributed by atoms with van der Waals surface area (Å²) < 4.78 is 15.5. The molecule has 8 heteroatoms. The second-order valence-corrected chi connectivity index (χ2v) is 6.28. The van der Waals surface area contributed by atoms with Crippen molar-refractivity contribution in [2.24, 2.45) is 7.05 Å². The highest BCUT2D eigenvalue weighted by atomic mass is 35.5. The Morgan fingerprint density at radius 3 is 2.57 bits per heavy atom. The molecular weight excluding hydrogens is 356 g/mol. The first-order valence-electron chi connectivity index (χ1n) is 5.77. The van der Waals surface area contributed by atoms with E-state index in [4.69, 9.17) is 34.8 Å². The van der Waals surface area contributed by atoms with E-state index in [1.54, 1.807) is 18.5 Å². The SMILES string of the molecule is Cn1nc(-c2c(F)cccc2Cl)nc1-c1scc(Cl)c1Cl. The number of aryl methyl sites for hydroxylation is 1. The van der Waals surface area contributed by atoms with E-state index in [9.17, 15) is 4.39 Å². The summed E-state index contributed by atoms with van der Waals surface area (Å²) in [5.41, 5.74) is 0.166. The molecule has 21 heavy (non-hydrogen) atoms. The van der Waals surface area contributed by atoms with Gasteiger partial charge < -0.3 is 0 Å². The molecule has 0 unspecified atom stereocenters. The number of hydrogen-bond donors (Lipinski definition) is 0. The molecule has 2 aromatic heterocycles. The third-order valence-corrected chi connectivity index (χ3v) is 5.16. The predicted molar refractivity (Wildman–Crippen MR) is 84.7 cm³/mol. The maximum Gasteiger partial charge on any atom is 0.186 e. The zero-order chi connectivity index (χ0) is 15.1. The minimum Gasteiger partial charge on any atom is -0.248 e. The van der Waals surface area contributed by atoms with Crippen molar-refractivity contribution in [1.82, 2.24) is 14.8 Å². The molecule has 0 saturated heterocycles. The molecule has 0 amide bonds. The van der Waals surface area contributed by atoms with Gasteiger partial charge in [-0.2, -0.15) is 5.10 Å². The summed E-state index contributed by atoms with van der Waals surface area (Å²) in [6, 6.07) is 4.43. The number of rotatable bonds is 2. The molecule has 3 nitrogen and oxygen atoms in total. The predicted octanol–water partition coefficient (Wildman–Crippen LogP) is 5.31. The molecule has 0 fully saturated rings. The van der Waals surface area contributed by atoms with Crippen LogP contribution in [0.4, 0.5) is 4.39 Å². The molecule has 0 spiro atoms. The molecule has 108 valence electrons. The molecule has 0 aliphatic heterocycles. The minimum atomic E-state index is -0.477. The summed E-state index contributed by atoms with van der Waals surface area (Å²) in [4.78, 5) is 5.02. The molecule has 0 saturated carbocycles. The Bertz CT molecular complexity index is 808. The average Bonchev–Trinajstić information content (AvgIpc) is 2.94. The highest BCUT2D eigenvalue weighted by Crippen LogP contribution is 2.39. The highest BCUT2D eigenvalue weighted by molar-refractivity contribution is 7.14. The van der Waals surface area contributed by atoms with E-state index in [-0.39, 0.29) is 16.4 Å². The van der Waals surface area contributed by atoms with Gasteiger partial charge in [-0.15, -0.1) is 11.3 Å². The molecular formula is C13H7Cl3FN3S. The smallest absolute Gasteiger partial charge is 0.186 e. The van der Waals surface area contributed by atoms with Gasteiger partial charge in [-0.3, -0.25) is 0 Å². The fourth-order valence-electron chi connectivity index (χ4n) is 1.87. The van der Waals surface area contributed by atoms with Crippen molar-refractivity contribution in [3.05, 3.63) is 44.5 Å². The van der Waals surface area contributed by atoms with E-state index in [0.717, 1.165) is 0 Å². The zero-order valence-electron chi connectivity index (χ0n) is 10.6. The Labute approximate surface area is 138 Å². The van der Waals surface area contributed by atoms with Crippen LogP contribution in [0.15, 0.2) is 23.6 Å². The van der Waals surface area contributed by atoms with E-state index in [0.29, 0.717) is 20.7 Å². The first kappa shape index (κ1) is 14.8. The van der Waals surface area contributed by atoms with Gasteiger partial charge in [-0.05, 0) is 12.1 Å². The van der Waals surface area contributed by atoms with Crippen molar-refractivity contribution in [2.45, 2.75) is 0 Å². The van der Waals surface area contributed by atoms with Crippen molar-refractivity contribution in [3.8, 4) is 22.1 Å². The molecule has 0 atom stereocenters. The molecule has 3 rings (SSSR count). The molecule has 0 aliphatic carbocycles. The number of nitrogens with zero attached hydrogens (tertiary/aromatic N) is 3. The van der Waals surface area contributed by atoms with Gasteiger partial charge in [0.25, 0.3) is 0 Å². The van der Waals surface area contributed by atoms with Gasteiger partial charge in [0.1, 0.15) is 5.82 Å². The number of benzene rings is 1. The summed E-state index contributed by atoms with van der Waals surface area (Å²) in [7, 11) is 1.70. The largest absolute Gasteiger partial charge is 0.248 e. The summed E-state index contributed by atoms with van der Waals surface area (Å²) >= 11 is 19.5. The van der Waals surface area contributed by atoms with E-state index >= 15 is 0 Å². The van der Waals surface area contributed by atoms with Gasteiger partial charge in [0.15, 0.2) is 11.6 Å². The second-order valence-electron chi connectivity index (χ2n) is 4.21. The summed E-state index contributed by atoms with van der Waals surface area (Å²) in [5, 5.41) is 7.03.